The van der Waals surface area contributed by atoms with Gasteiger partial charge in [-0.2, -0.15) is 5.26 Å². The fourth-order valence-electron chi connectivity index (χ4n) is 1.73. The number of halogens is 2. The van der Waals surface area contributed by atoms with Crippen LogP contribution in [-0.4, -0.2) is 0 Å². The van der Waals surface area contributed by atoms with Crippen LogP contribution in [0.3, 0.4) is 0 Å². The quantitative estimate of drug-likeness (QED) is 0.909. The number of nitriles is 1. The van der Waals surface area contributed by atoms with Crippen molar-refractivity contribution in [2.75, 3.05) is 5.32 Å². The highest BCUT2D eigenvalue weighted by Crippen LogP contribution is 2.16. The third kappa shape index (κ3) is 3.08. The van der Waals surface area contributed by atoms with E-state index in [1.807, 2.05) is 0 Å². The van der Waals surface area contributed by atoms with Crippen LogP contribution in [-0.2, 0) is 6.54 Å². The molecule has 2 aromatic rings. The summed E-state index contributed by atoms with van der Waals surface area (Å²) in [4.78, 5) is 0. The monoisotopic (exact) mass is 258 g/mol. The maximum Gasteiger partial charge on any atom is 0.140 e. The van der Waals surface area contributed by atoms with Gasteiger partial charge in [-0.25, -0.2) is 8.78 Å². The molecule has 0 saturated carbocycles. The molecule has 0 radical (unpaired) electrons. The van der Waals surface area contributed by atoms with Crippen molar-refractivity contribution in [2.45, 2.75) is 13.5 Å². The molecule has 0 atom stereocenters. The Bertz CT molecular complexity index is 645. The van der Waals surface area contributed by atoms with Gasteiger partial charge in [0.2, 0.25) is 0 Å². The summed E-state index contributed by atoms with van der Waals surface area (Å²) in [6, 6.07) is 10.9. The summed E-state index contributed by atoms with van der Waals surface area (Å²) in [6.07, 6.45) is 0. The molecule has 0 fully saturated rings. The van der Waals surface area contributed by atoms with Crippen LogP contribution in [0, 0.1) is 29.9 Å². The van der Waals surface area contributed by atoms with E-state index in [1.54, 1.807) is 31.2 Å². The topological polar surface area (TPSA) is 35.8 Å². The van der Waals surface area contributed by atoms with E-state index < -0.39 is 5.82 Å². The van der Waals surface area contributed by atoms with Crippen molar-refractivity contribution in [3.8, 4) is 6.07 Å². The number of hydrogen-bond donors (Lipinski definition) is 1. The van der Waals surface area contributed by atoms with Gasteiger partial charge >= 0.3 is 0 Å². The molecule has 2 rings (SSSR count). The number of benzene rings is 2. The molecule has 0 amide bonds. The average Bonchev–Trinajstić information content (AvgIpc) is 2.41. The first kappa shape index (κ1) is 13.0. The molecule has 2 nitrogen and oxygen atoms in total. The SMILES string of the molecule is Cc1cc(NCc2ccc(F)c(C#N)c2)ccc1F. The van der Waals surface area contributed by atoms with Crippen molar-refractivity contribution in [1.82, 2.24) is 0 Å². The maximum absolute atomic E-state index is 13.1. The number of aryl methyl sites for hydroxylation is 1. The highest BCUT2D eigenvalue weighted by atomic mass is 19.1. The smallest absolute Gasteiger partial charge is 0.140 e. The van der Waals surface area contributed by atoms with Crippen LogP contribution in [0.25, 0.3) is 0 Å². The van der Waals surface area contributed by atoms with E-state index in [1.165, 1.54) is 18.2 Å². The molecule has 19 heavy (non-hydrogen) atoms. The van der Waals surface area contributed by atoms with E-state index in [0.717, 1.165) is 11.3 Å². The van der Waals surface area contributed by atoms with Crippen molar-refractivity contribution in [3.05, 3.63) is 64.7 Å². The third-order valence-electron chi connectivity index (χ3n) is 2.81. The van der Waals surface area contributed by atoms with Crippen molar-refractivity contribution in [3.63, 3.8) is 0 Å². The summed E-state index contributed by atoms with van der Waals surface area (Å²) < 4.78 is 26.2. The van der Waals surface area contributed by atoms with E-state index in [-0.39, 0.29) is 11.4 Å². The van der Waals surface area contributed by atoms with Gasteiger partial charge in [0.1, 0.15) is 17.7 Å². The summed E-state index contributed by atoms with van der Waals surface area (Å²) in [6.45, 7) is 2.13. The molecule has 0 unspecified atom stereocenters. The van der Waals surface area contributed by atoms with E-state index in [0.29, 0.717) is 12.1 Å². The Morgan fingerprint density at radius 2 is 1.84 bits per heavy atom. The van der Waals surface area contributed by atoms with Gasteiger partial charge in [-0.3, -0.25) is 0 Å². The number of rotatable bonds is 3. The predicted molar refractivity (Wildman–Crippen MR) is 69.6 cm³/mol. The standard InChI is InChI=1S/C15H12F2N2/c1-10-6-13(3-5-14(10)16)19-9-11-2-4-15(17)12(7-11)8-18/h2-7,19H,9H2,1H3. The molecule has 0 aliphatic rings. The Balaban J connectivity index is 2.10. The number of anilines is 1. The molecule has 0 aromatic heterocycles. The zero-order chi connectivity index (χ0) is 13.8. The summed E-state index contributed by atoms with van der Waals surface area (Å²) in [5.41, 5.74) is 2.15. The second-order valence-corrected chi connectivity index (χ2v) is 4.24. The van der Waals surface area contributed by atoms with Gasteiger partial charge in [0.05, 0.1) is 5.56 Å². The minimum Gasteiger partial charge on any atom is -0.381 e. The van der Waals surface area contributed by atoms with E-state index >= 15 is 0 Å². The summed E-state index contributed by atoms with van der Waals surface area (Å²) >= 11 is 0. The fraction of sp³-hybridized carbons (Fsp3) is 0.133. The van der Waals surface area contributed by atoms with Crippen molar-refractivity contribution in [2.24, 2.45) is 0 Å². The third-order valence-corrected chi connectivity index (χ3v) is 2.81. The molecule has 0 saturated heterocycles. The number of hydrogen-bond acceptors (Lipinski definition) is 2. The lowest BCUT2D eigenvalue weighted by molar-refractivity contribution is 0.618. The predicted octanol–water partition coefficient (Wildman–Crippen LogP) is 3.76. The molecule has 0 spiro atoms. The Morgan fingerprint density at radius 3 is 2.53 bits per heavy atom. The van der Waals surface area contributed by atoms with Gasteiger partial charge in [0.15, 0.2) is 0 Å². The molecular formula is C15H12F2N2. The number of nitrogens with zero attached hydrogens (tertiary/aromatic N) is 1. The van der Waals surface area contributed by atoms with Crippen LogP contribution in [0.1, 0.15) is 16.7 Å². The lowest BCUT2D eigenvalue weighted by Gasteiger charge is -2.08. The van der Waals surface area contributed by atoms with Gasteiger partial charge in [-0.15, -0.1) is 0 Å². The van der Waals surface area contributed by atoms with Crippen molar-refractivity contribution >= 4 is 5.69 Å². The Hall–Kier alpha value is -2.41. The second kappa shape index (κ2) is 5.49. The van der Waals surface area contributed by atoms with Crippen LogP contribution in [0.2, 0.25) is 0 Å². The molecule has 2 aromatic carbocycles. The van der Waals surface area contributed by atoms with Gasteiger partial charge in [0.25, 0.3) is 0 Å². The van der Waals surface area contributed by atoms with Crippen LogP contribution in [0.5, 0.6) is 0 Å². The van der Waals surface area contributed by atoms with Crippen molar-refractivity contribution in [1.29, 1.82) is 5.26 Å². The molecule has 0 heterocycles. The maximum atomic E-state index is 13.1. The normalized spacial score (nSPS) is 10.0. The van der Waals surface area contributed by atoms with Crippen LogP contribution in [0.15, 0.2) is 36.4 Å². The lowest BCUT2D eigenvalue weighted by atomic mass is 10.1. The van der Waals surface area contributed by atoms with Crippen molar-refractivity contribution < 1.29 is 8.78 Å². The van der Waals surface area contributed by atoms with Crippen LogP contribution < -0.4 is 5.32 Å². The van der Waals surface area contributed by atoms with Gasteiger partial charge in [0, 0.05) is 12.2 Å². The minimum absolute atomic E-state index is 0.0228. The second-order valence-electron chi connectivity index (χ2n) is 4.24. The Kier molecular flexibility index (Phi) is 3.76. The van der Waals surface area contributed by atoms with E-state index in [9.17, 15) is 8.78 Å². The number of nitrogens with one attached hydrogen (secondary N) is 1. The first-order chi connectivity index (χ1) is 9.10. The first-order valence-corrected chi connectivity index (χ1v) is 5.78. The summed E-state index contributed by atoms with van der Waals surface area (Å²) in [7, 11) is 0. The summed E-state index contributed by atoms with van der Waals surface area (Å²) in [5, 5.41) is 11.8. The Morgan fingerprint density at radius 1 is 1.11 bits per heavy atom. The van der Waals surface area contributed by atoms with E-state index in [2.05, 4.69) is 5.32 Å². The zero-order valence-electron chi connectivity index (χ0n) is 10.4. The van der Waals surface area contributed by atoms with Crippen LogP contribution >= 0.6 is 0 Å². The fourth-order valence-corrected chi connectivity index (χ4v) is 1.73. The molecule has 1 N–H and O–H groups in total. The average molecular weight is 258 g/mol. The molecule has 0 bridgehead atoms. The molecule has 96 valence electrons. The molecule has 4 heteroatoms. The Labute approximate surface area is 110 Å². The first-order valence-electron chi connectivity index (χ1n) is 5.78. The largest absolute Gasteiger partial charge is 0.381 e. The summed E-state index contributed by atoms with van der Waals surface area (Å²) in [5.74, 6) is -0.775. The molecule has 0 aliphatic heterocycles. The molecular weight excluding hydrogens is 246 g/mol. The van der Waals surface area contributed by atoms with Gasteiger partial charge < -0.3 is 5.32 Å². The zero-order valence-corrected chi connectivity index (χ0v) is 10.4. The van der Waals surface area contributed by atoms with E-state index in [4.69, 9.17) is 5.26 Å². The molecule has 0 aliphatic carbocycles. The van der Waals surface area contributed by atoms with Gasteiger partial charge in [-0.1, -0.05) is 6.07 Å². The highest BCUT2D eigenvalue weighted by molar-refractivity contribution is 5.47. The van der Waals surface area contributed by atoms with Gasteiger partial charge in [-0.05, 0) is 48.4 Å². The minimum atomic E-state index is -0.524. The van der Waals surface area contributed by atoms with Crippen LogP contribution in [0.4, 0.5) is 14.5 Å². The lowest BCUT2D eigenvalue weighted by Crippen LogP contribution is -2.01. The highest BCUT2D eigenvalue weighted by Gasteiger charge is 2.03.